The van der Waals surface area contributed by atoms with E-state index in [1.54, 1.807) is 0 Å². The second-order valence-corrected chi connectivity index (χ2v) is 3.94. The maximum absolute atomic E-state index is 2.47. The van der Waals surface area contributed by atoms with Gasteiger partial charge < -0.3 is 0 Å². The summed E-state index contributed by atoms with van der Waals surface area (Å²) in [5.74, 6) is 4.31. The monoisotopic (exact) mass is 120 g/mol. The van der Waals surface area contributed by atoms with Gasteiger partial charge in [-0.3, -0.25) is 0 Å². The van der Waals surface area contributed by atoms with Gasteiger partial charge in [-0.25, -0.2) is 0 Å². The first-order chi connectivity index (χ1) is 4.43. The van der Waals surface area contributed by atoms with Crippen LogP contribution in [0.15, 0.2) is 12.2 Å². The Balaban J connectivity index is 2.06. The summed E-state index contributed by atoms with van der Waals surface area (Å²) in [7, 11) is 0. The van der Waals surface area contributed by atoms with Crippen LogP contribution in [0.25, 0.3) is 0 Å². The molecular formula is C9H12. The molecule has 0 nitrogen and oxygen atoms in total. The van der Waals surface area contributed by atoms with Crippen molar-refractivity contribution in [3.05, 3.63) is 12.2 Å². The predicted molar refractivity (Wildman–Crippen MR) is 37.0 cm³/mol. The molecule has 2 bridgehead atoms. The standard InChI is InChI=1S/C9H12/c1-2-7-5-8-3-6(1)4-9(7)8/h1-2,6-9H,3-5H2. The van der Waals surface area contributed by atoms with E-state index in [4.69, 9.17) is 0 Å². The minimum absolute atomic E-state index is 0.999. The molecule has 0 saturated heterocycles. The lowest BCUT2D eigenvalue weighted by molar-refractivity contribution is 0.144. The summed E-state index contributed by atoms with van der Waals surface area (Å²) in [6.07, 6.45) is 9.53. The van der Waals surface area contributed by atoms with Gasteiger partial charge in [-0.2, -0.15) is 0 Å². The molecule has 3 rings (SSSR count). The summed E-state index contributed by atoms with van der Waals surface area (Å²) in [6.45, 7) is 0. The smallest absolute Gasteiger partial charge is 0.0199 e. The summed E-state index contributed by atoms with van der Waals surface area (Å²) >= 11 is 0. The fourth-order valence-corrected chi connectivity index (χ4v) is 3.00. The van der Waals surface area contributed by atoms with Crippen LogP contribution in [0.3, 0.4) is 0 Å². The van der Waals surface area contributed by atoms with Crippen molar-refractivity contribution in [3.8, 4) is 0 Å². The number of hydrogen-bond acceptors (Lipinski definition) is 0. The van der Waals surface area contributed by atoms with Crippen LogP contribution in [0.2, 0.25) is 0 Å². The van der Waals surface area contributed by atoms with Crippen molar-refractivity contribution in [1.82, 2.24) is 0 Å². The van der Waals surface area contributed by atoms with Crippen molar-refractivity contribution >= 4 is 0 Å². The molecular weight excluding hydrogens is 108 g/mol. The Kier molecular flexibility index (Phi) is 0.633. The minimum Gasteiger partial charge on any atom is -0.0851 e. The Labute approximate surface area is 56.0 Å². The van der Waals surface area contributed by atoms with Crippen LogP contribution in [-0.2, 0) is 0 Å². The number of allylic oxidation sites excluding steroid dienone is 2. The highest BCUT2D eigenvalue weighted by atomic mass is 14.5. The van der Waals surface area contributed by atoms with Crippen molar-refractivity contribution in [3.63, 3.8) is 0 Å². The second kappa shape index (κ2) is 1.25. The first-order valence-corrected chi connectivity index (χ1v) is 4.12. The highest BCUT2D eigenvalue weighted by molar-refractivity contribution is 5.14. The molecule has 0 heterocycles. The molecule has 0 amide bonds. The summed E-state index contributed by atoms with van der Waals surface area (Å²) in [4.78, 5) is 0. The van der Waals surface area contributed by atoms with Gasteiger partial charge >= 0.3 is 0 Å². The molecule has 0 radical (unpaired) electrons. The first-order valence-electron chi connectivity index (χ1n) is 4.12. The number of rotatable bonds is 0. The van der Waals surface area contributed by atoms with Gasteiger partial charge in [0, 0.05) is 0 Å². The molecule has 0 aromatic carbocycles. The zero-order chi connectivity index (χ0) is 5.84. The van der Waals surface area contributed by atoms with E-state index in [1.165, 1.54) is 19.3 Å². The summed E-state index contributed by atoms with van der Waals surface area (Å²) < 4.78 is 0. The van der Waals surface area contributed by atoms with Crippen molar-refractivity contribution in [1.29, 1.82) is 0 Å². The van der Waals surface area contributed by atoms with E-state index in [-0.39, 0.29) is 0 Å². The van der Waals surface area contributed by atoms with Gasteiger partial charge in [-0.15, -0.1) is 0 Å². The number of fused-ring (bicyclic) bond motifs is 1. The molecule has 4 unspecified atom stereocenters. The molecule has 4 atom stereocenters. The van der Waals surface area contributed by atoms with Crippen LogP contribution >= 0.6 is 0 Å². The zero-order valence-corrected chi connectivity index (χ0v) is 5.59. The van der Waals surface area contributed by atoms with Crippen molar-refractivity contribution in [2.45, 2.75) is 19.3 Å². The third kappa shape index (κ3) is 0.417. The van der Waals surface area contributed by atoms with Crippen LogP contribution in [-0.4, -0.2) is 0 Å². The quantitative estimate of drug-likeness (QED) is 0.430. The van der Waals surface area contributed by atoms with E-state index < -0.39 is 0 Å². The van der Waals surface area contributed by atoms with Crippen LogP contribution in [0.4, 0.5) is 0 Å². The van der Waals surface area contributed by atoms with Gasteiger partial charge in [0.05, 0.1) is 0 Å². The Bertz CT molecular complexity index is 163. The minimum atomic E-state index is 0.999. The van der Waals surface area contributed by atoms with Gasteiger partial charge in [-0.05, 0) is 42.9 Å². The van der Waals surface area contributed by atoms with E-state index in [0.717, 1.165) is 23.7 Å². The SMILES string of the molecule is C1=CC2CC3CC1CC23. The second-order valence-electron chi connectivity index (χ2n) is 3.94. The highest BCUT2D eigenvalue weighted by Gasteiger charge is 2.47. The van der Waals surface area contributed by atoms with Crippen LogP contribution in [0.5, 0.6) is 0 Å². The molecule has 48 valence electrons. The average molecular weight is 120 g/mol. The number of hydrogen-bond donors (Lipinski definition) is 0. The lowest BCUT2D eigenvalue weighted by Crippen LogP contribution is -2.31. The topological polar surface area (TPSA) is 0 Å². The molecule has 9 heavy (non-hydrogen) atoms. The molecule has 0 N–H and O–H groups in total. The van der Waals surface area contributed by atoms with E-state index in [9.17, 15) is 0 Å². The van der Waals surface area contributed by atoms with Gasteiger partial charge in [0.15, 0.2) is 0 Å². The third-order valence-electron chi connectivity index (χ3n) is 3.54. The Morgan fingerprint density at radius 3 is 2.89 bits per heavy atom. The Hall–Kier alpha value is -0.260. The van der Waals surface area contributed by atoms with E-state index >= 15 is 0 Å². The maximum atomic E-state index is 2.47. The summed E-state index contributed by atoms with van der Waals surface area (Å²) in [5.41, 5.74) is 0. The van der Waals surface area contributed by atoms with Gasteiger partial charge in [0.25, 0.3) is 0 Å². The predicted octanol–water partition coefficient (Wildman–Crippen LogP) is 2.22. The average Bonchev–Trinajstić information content (AvgIpc) is 2.04. The molecule has 3 aliphatic carbocycles. The largest absolute Gasteiger partial charge is 0.0851 e. The van der Waals surface area contributed by atoms with Crippen LogP contribution in [0, 0.1) is 23.7 Å². The molecule has 0 spiro atoms. The summed E-state index contributed by atoms with van der Waals surface area (Å²) in [6, 6.07) is 0. The first kappa shape index (κ1) is 4.54. The van der Waals surface area contributed by atoms with Gasteiger partial charge in [0.1, 0.15) is 0 Å². The lowest BCUT2D eigenvalue weighted by atomic mass is 9.66. The van der Waals surface area contributed by atoms with Gasteiger partial charge in [0.2, 0.25) is 0 Å². The zero-order valence-electron chi connectivity index (χ0n) is 5.59. The molecule has 0 aromatic heterocycles. The molecule has 0 aliphatic heterocycles. The van der Waals surface area contributed by atoms with E-state index in [1.807, 2.05) is 0 Å². The van der Waals surface area contributed by atoms with Crippen molar-refractivity contribution < 1.29 is 0 Å². The van der Waals surface area contributed by atoms with Gasteiger partial charge in [-0.1, -0.05) is 12.2 Å². The molecule has 0 aromatic rings. The fraction of sp³-hybridized carbons (Fsp3) is 0.778. The molecule has 0 heteroatoms. The fourth-order valence-electron chi connectivity index (χ4n) is 3.00. The van der Waals surface area contributed by atoms with Crippen LogP contribution < -0.4 is 0 Å². The van der Waals surface area contributed by atoms with E-state index in [0.29, 0.717) is 0 Å². The molecule has 3 aliphatic rings. The Morgan fingerprint density at radius 1 is 1.00 bits per heavy atom. The lowest BCUT2D eigenvalue weighted by Gasteiger charge is -2.39. The molecule has 2 fully saturated rings. The van der Waals surface area contributed by atoms with Crippen molar-refractivity contribution in [2.24, 2.45) is 23.7 Å². The Morgan fingerprint density at radius 2 is 2.00 bits per heavy atom. The summed E-state index contributed by atoms with van der Waals surface area (Å²) in [5, 5.41) is 0. The van der Waals surface area contributed by atoms with Crippen LogP contribution in [0.1, 0.15) is 19.3 Å². The molecule has 2 saturated carbocycles. The highest BCUT2D eigenvalue weighted by Crippen LogP contribution is 2.57. The van der Waals surface area contributed by atoms with E-state index in [2.05, 4.69) is 12.2 Å². The third-order valence-corrected chi connectivity index (χ3v) is 3.54. The maximum Gasteiger partial charge on any atom is -0.0199 e. The normalized spacial score (nSPS) is 59.6. The van der Waals surface area contributed by atoms with Crippen molar-refractivity contribution in [2.75, 3.05) is 0 Å².